The Morgan fingerprint density at radius 3 is 3.00 bits per heavy atom. The summed E-state index contributed by atoms with van der Waals surface area (Å²) in [6.07, 6.45) is 4.84. The summed E-state index contributed by atoms with van der Waals surface area (Å²) in [5.41, 5.74) is 0.564. The lowest BCUT2D eigenvalue weighted by atomic mass is 10.2. The largest absolute Gasteiger partial charge is 0.467 e. The smallest absolute Gasteiger partial charge is 0.254 e. The Bertz CT molecular complexity index is 557. The SMILES string of the molecule is COC(CNC(=O)c1cccnc1SC)c1ccco1. The van der Waals surface area contributed by atoms with Gasteiger partial charge >= 0.3 is 0 Å². The Balaban J connectivity index is 2.01. The summed E-state index contributed by atoms with van der Waals surface area (Å²) in [7, 11) is 1.58. The lowest BCUT2D eigenvalue weighted by Crippen LogP contribution is -2.29. The highest BCUT2D eigenvalue weighted by Crippen LogP contribution is 2.18. The van der Waals surface area contributed by atoms with Crippen LogP contribution in [-0.2, 0) is 4.74 Å². The lowest BCUT2D eigenvalue weighted by molar-refractivity contribution is 0.0736. The molecule has 2 heterocycles. The molecule has 0 aliphatic heterocycles. The number of aromatic nitrogens is 1. The maximum absolute atomic E-state index is 12.2. The van der Waals surface area contributed by atoms with Crippen LogP contribution in [0, 0.1) is 0 Å². The summed E-state index contributed by atoms with van der Waals surface area (Å²) < 4.78 is 10.6. The minimum Gasteiger partial charge on any atom is -0.467 e. The maximum Gasteiger partial charge on any atom is 0.254 e. The van der Waals surface area contributed by atoms with Crippen LogP contribution in [0.2, 0.25) is 0 Å². The molecule has 1 N–H and O–H groups in total. The molecule has 1 atom stereocenters. The van der Waals surface area contributed by atoms with E-state index in [1.807, 2.05) is 12.3 Å². The van der Waals surface area contributed by atoms with E-state index in [0.717, 1.165) is 0 Å². The van der Waals surface area contributed by atoms with Crippen LogP contribution in [0.15, 0.2) is 46.2 Å². The topological polar surface area (TPSA) is 64.4 Å². The van der Waals surface area contributed by atoms with Gasteiger partial charge < -0.3 is 14.5 Å². The van der Waals surface area contributed by atoms with Crippen molar-refractivity contribution < 1.29 is 13.9 Å². The lowest BCUT2D eigenvalue weighted by Gasteiger charge is -2.14. The first-order chi connectivity index (χ1) is 9.76. The summed E-state index contributed by atoms with van der Waals surface area (Å²) in [5.74, 6) is 0.514. The normalized spacial score (nSPS) is 12.1. The van der Waals surface area contributed by atoms with Gasteiger partial charge in [0.15, 0.2) is 0 Å². The van der Waals surface area contributed by atoms with Gasteiger partial charge in [-0.25, -0.2) is 4.98 Å². The molecule has 106 valence electrons. The molecule has 20 heavy (non-hydrogen) atoms. The third-order valence-electron chi connectivity index (χ3n) is 2.80. The number of carbonyl (C=O) groups excluding carboxylic acids is 1. The number of thioether (sulfide) groups is 1. The van der Waals surface area contributed by atoms with Gasteiger partial charge in [0.25, 0.3) is 5.91 Å². The Kier molecular flexibility index (Phi) is 5.20. The molecule has 0 saturated heterocycles. The second kappa shape index (κ2) is 7.12. The Hall–Kier alpha value is -1.79. The highest BCUT2D eigenvalue weighted by Gasteiger charge is 2.17. The van der Waals surface area contributed by atoms with Gasteiger partial charge in [0.05, 0.1) is 18.4 Å². The van der Waals surface area contributed by atoms with Gasteiger partial charge in [-0.3, -0.25) is 4.79 Å². The average Bonchev–Trinajstić information content (AvgIpc) is 3.02. The van der Waals surface area contributed by atoms with Crippen molar-refractivity contribution in [1.82, 2.24) is 10.3 Å². The van der Waals surface area contributed by atoms with E-state index in [1.165, 1.54) is 11.8 Å². The first kappa shape index (κ1) is 14.6. The van der Waals surface area contributed by atoms with Crippen molar-refractivity contribution in [3.8, 4) is 0 Å². The third kappa shape index (κ3) is 3.40. The molecule has 0 aliphatic carbocycles. The van der Waals surface area contributed by atoms with E-state index >= 15 is 0 Å². The molecule has 1 amide bonds. The maximum atomic E-state index is 12.2. The van der Waals surface area contributed by atoms with Gasteiger partial charge in [-0.2, -0.15) is 0 Å². The Labute approximate surface area is 121 Å². The van der Waals surface area contributed by atoms with Gasteiger partial charge in [0, 0.05) is 13.3 Å². The van der Waals surface area contributed by atoms with Crippen molar-refractivity contribution in [3.63, 3.8) is 0 Å². The van der Waals surface area contributed by atoms with Gasteiger partial charge in [0.1, 0.15) is 16.9 Å². The van der Waals surface area contributed by atoms with E-state index in [1.54, 1.807) is 37.8 Å². The standard InChI is InChI=1S/C14H16N2O3S/c1-18-12(11-6-4-8-19-11)9-16-13(17)10-5-3-7-15-14(10)20-2/h3-8,12H,9H2,1-2H3,(H,16,17). The fraction of sp³-hybridized carbons (Fsp3) is 0.286. The molecule has 0 bridgehead atoms. The zero-order valence-electron chi connectivity index (χ0n) is 11.3. The molecule has 0 saturated carbocycles. The van der Waals surface area contributed by atoms with Crippen molar-refractivity contribution >= 4 is 17.7 Å². The fourth-order valence-electron chi connectivity index (χ4n) is 1.78. The van der Waals surface area contributed by atoms with Crippen molar-refractivity contribution in [2.75, 3.05) is 19.9 Å². The predicted octanol–water partition coefficient (Wildman–Crippen LogP) is 2.51. The molecule has 0 aromatic carbocycles. The Morgan fingerprint density at radius 1 is 1.50 bits per heavy atom. The van der Waals surface area contributed by atoms with Crippen molar-refractivity contribution in [2.24, 2.45) is 0 Å². The summed E-state index contributed by atoms with van der Waals surface area (Å²) in [6.45, 7) is 0.339. The number of methoxy groups -OCH3 is 1. The van der Waals surface area contributed by atoms with E-state index < -0.39 is 0 Å². The number of nitrogens with zero attached hydrogens (tertiary/aromatic N) is 1. The molecule has 2 rings (SSSR count). The third-order valence-corrected chi connectivity index (χ3v) is 3.51. The van der Waals surface area contributed by atoms with Crippen LogP contribution in [0.5, 0.6) is 0 Å². The number of furan rings is 1. The van der Waals surface area contributed by atoms with Crippen LogP contribution < -0.4 is 5.32 Å². The molecular formula is C14H16N2O3S. The minimum absolute atomic E-state index is 0.170. The van der Waals surface area contributed by atoms with E-state index in [9.17, 15) is 4.79 Å². The van der Waals surface area contributed by atoms with Gasteiger partial charge in [-0.1, -0.05) is 0 Å². The van der Waals surface area contributed by atoms with Crippen LogP contribution in [0.25, 0.3) is 0 Å². The molecule has 5 nitrogen and oxygen atoms in total. The summed E-state index contributed by atoms with van der Waals surface area (Å²) in [6, 6.07) is 7.10. The number of amides is 1. The Morgan fingerprint density at radius 2 is 2.35 bits per heavy atom. The summed E-state index contributed by atoms with van der Waals surface area (Å²) in [4.78, 5) is 16.3. The number of ether oxygens (including phenoxy) is 1. The monoisotopic (exact) mass is 292 g/mol. The van der Waals surface area contributed by atoms with Crippen molar-refractivity contribution in [2.45, 2.75) is 11.1 Å². The minimum atomic E-state index is -0.302. The molecule has 0 radical (unpaired) electrons. The quantitative estimate of drug-likeness (QED) is 0.829. The van der Waals surface area contributed by atoms with Crippen molar-refractivity contribution in [3.05, 3.63) is 48.0 Å². The van der Waals surface area contributed by atoms with Crippen LogP contribution in [0.1, 0.15) is 22.2 Å². The number of nitrogens with one attached hydrogen (secondary N) is 1. The molecule has 0 fully saturated rings. The first-order valence-electron chi connectivity index (χ1n) is 6.09. The number of pyridine rings is 1. The zero-order valence-corrected chi connectivity index (χ0v) is 12.1. The molecular weight excluding hydrogens is 276 g/mol. The van der Waals surface area contributed by atoms with Crippen LogP contribution in [0.4, 0.5) is 0 Å². The predicted molar refractivity (Wildman–Crippen MR) is 76.8 cm³/mol. The molecule has 0 spiro atoms. The van der Waals surface area contributed by atoms with Crippen molar-refractivity contribution in [1.29, 1.82) is 0 Å². The van der Waals surface area contributed by atoms with Gasteiger partial charge in [0.2, 0.25) is 0 Å². The molecule has 2 aromatic heterocycles. The zero-order chi connectivity index (χ0) is 14.4. The average molecular weight is 292 g/mol. The van der Waals surface area contributed by atoms with Crippen LogP contribution >= 0.6 is 11.8 Å². The molecule has 6 heteroatoms. The molecule has 0 aliphatic rings. The number of hydrogen-bond acceptors (Lipinski definition) is 5. The van der Waals surface area contributed by atoms with E-state index in [0.29, 0.717) is 22.9 Å². The van der Waals surface area contributed by atoms with E-state index in [2.05, 4.69) is 10.3 Å². The number of hydrogen-bond donors (Lipinski definition) is 1. The van der Waals surface area contributed by atoms with Crippen LogP contribution in [0.3, 0.4) is 0 Å². The summed E-state index contributed by atoms with van der Waals surface area (Å²) >= 11 is 1.44. The number of rotatable bonds is 6. The second-order valence-corrected chi connectivity index (χ2v) is 4.80. The number of carbonyl (C=O) groups is 1. The van der Waals surface area contributed by atoms with E-state index in [4.69, 9.17) is 9.15 Å². The highest BCUT2D eigenvalue weighted by atomic mass is 32.2. The van der Waals surface area contributed by atoms with E-state index in [-0.39, 0.29) is 12.0 Å². The molecule has 2 aromatic rings. The van der Waals surface area contributed by atoms with Gasteiger partial charge in [-0.05, 0) is 30.5 Å². The highest BCUT2D eigenvalue weighted by molar-refractivity contribution is 7.98. The van der Waals surface area contributed by atoms with Crippen LogP contribution in [-0.4, -0.2) is 30.8 Å². The first-order valence-corrected chi connectivity index (χ1v) is 7.32. The summed E-state index contributed by atoms with van der Waals surface area (Å²) in [5, 5.41) is 3.54. The molecule has 1 unspecified atom stereocenters. The second-order valence-electron chi connectivity index (χ2n) is 4.01. The fourth-order valence-corrected chi connectivity index (χ4v) is 2.33. The van der Waals surface area contributed by atoms with Gasteiger partial charge in [-0.15, -0.1) is 11.8 Å².